The van der Waals surface area contributed by atoms with E-state index < -0.39 is 6.61 Å². The number of hydrogen-bond acceptors (Lipinski definition) is 6. The summed E-state index contributed by atoms with van der Waals surface area (Å²) in [5.74, 6) is 0.654. The molecule has 9 heteroatoms. The van der Waals surface area contributed by atoms with Crippen molar-refractivity contribution < 1.29 is 28.3 Å². The molecule has 0 unspecified atom stereocenters. The van der Waals surface area contributed by atoms with E-state index in [1.165, 1.54) is 12.1 Å². The van der Waals surface area contributed by atoms with Gasteiger partial charge in [0.15, 0.2) is 0 Å². The molecule has 2 aromatic carbocycles. The number of hydrogen-bond donors (Lipinski definition) is 3. The van der Waals surface area contributed by atoms with Crippen LogP contribution in [0.5, 0.6) is 5.75 Å². The van der Waals surface area contributed by atoms with Crippen LogP contribution in [0.4, 0.5) is 20.4 Å². The molecule has 0 atom stereocenters. The molecule has 0 aliphatic carbocycles. The zero-order chi connectivity index (χ0) is 23.2. The summed E-state index contributed by atoms with van der Waals surface area (Å²) in [5.41, 5.74) is 3.24. The molecule has 3 N–H and O–H groups in total. The van der Waals surface area contributed by atoms with Gasteiger partial charge in [0.2, 0.25) is 5.95 Å². The van der Waals surface area contributed by atoms with E-state index in [9.17, 15) is 18.7 Å². The summed E-state index contributed by atoms with van der Waals surface area (Å²) in [6.07, 6.45) is 4.70. The number of amides is 1. The number of rotatable bonds is 7. The average molecular weight is 455 g/mol. The van der Waals surface area contributed by atoms with Crippen LogP contribution in [0.25, 0.3) is 11.1 Å². The Morgan fingerprint density at radius 1 is 1.03 bits per heavy atom. The number of benzene rings is 2. The molecule has 7 nitrogen and oxygen atoms in total. The van der Waals surface area contributed by atoms with Crippen molar-refractivity contribution in [2.24, 2.45) is 0 Å². The second kappa shape index (κ2) is 10.5. The number of aliphatic hydroxyl groups excluding tert-OH is 1. The summed E-state index contributed by atoms with van der Waals surface area (Å²) < 4.78 is 28.9. The predicted octanol–water partition coefficient (Wildman–Crippen LogP) is 2.60. The van der Waals surface area contributed by atoms with E-state index in [2.05, 4.69) is 20.0 Å². The van der Waals surface area contributed by atoms with Crippen molar-refractivity contribution in [1.82, 2.24) is 9.97 Å². The lowest BCUT2D eigenvalue weighted by atomic mass is 10.1. The maximum absolute atomic E-state index is 12.5. The first-order chi connectivity index (χ1) is 16.0. The molecule has 0 radical (unpaired) electrons. The van der Waals surface area contributed by atoms with Crippen LogP contribution in [0, 0.1) is 0 Å². The number of nitrogens with one attached hydrogen (secondary N) is 2. The molecule has 1 amide bonds. The maximum Gasteiger partial charge on any atom is 0.387 e. The van der Waals surface area contributed by atoms with Gasteiger partial charge in [-0.05, 0) is 35.4 Å². The number of nitrogens with zero attached hydrogens (tertiary/aromatic N) is 2. The van der Waals surface area contributed by atoms with E-state index in [-0.39, 0.29) is 17.8 Å². The Balaban J connectivity index is 1.32. The molecule has 4 rings (SSSR count). The first-order valence-corrected chi connectivity index (χ1v) is 10.8. The predicted molar refractivity (Wildman–Crippen MR) is 118 cm³/mol. The third-order valence-electron chi connectivity index (χ3n) is 5.59. The fourth-order valence-corrected chi connectivity index (χ4v) is 3.75. The number of carbonyl (C=O) groups excluding carboxylic acids is 1. The lowest BCUT2D eigenvalue weighted by molar-refractivity contribution is -0.827. The van der Waals surface area contributed by atoms with Crippen LogP contribution in [0.15, 0.2) is 60.9 Å². The van der Waals surface area contributed by atoms with Gasteiger partial charge in [-0.3, -0.25) is 4.90 Å². The molecule has 1 aliphatic rings. The molecular weight excluding hydrogens is 430 g/mol. The highest BCUT2D eigenvalue weighted by atomic mass is 19.3. The minimum atomic E-state index is -2.86. The van der Waals surface area contributed by atoms with Crippen molar-refractivity contribution in [3.05, 3.63) is 66.5 Å². The number of quaternary nitrogens is 1. The monoisotopic (exact) mass is 455 g/mol. The molecule has 0 spiro atoms. The number of likely N-dealkylation sites (tertiary alicyclic amines) is 1. The highest BCUT2D eigenvalue weighted by Gasteiger charge is 2.26. The van der Waals surface area contributed by atoms with Gasteiger partial charge in [0.05, 0.1) is 25.6 Å². The topological polar surface area (TPSA) is 88.8 Å². The fraction of sp³-hybridized carbons (Fsp3) is 0.292. The lowest BCUT2D eigenvalue weighted by Crippen LogP contribution is -3.16. The van der Waals surface area contributed by atoms with Crippen molar-refractivity contribution in [2.45, 2.75) is 32.0 Å². The van der Waals surface area contributed by atoms with Gasteiger partial charge in [0, 0.05) is 36.5 Å². The van der Waals surface area contributed by atoms with Gasteiger partial charge >= 0.3 is 12.5 Å². The number of ether oxygens (including phenoxy) is 1. The normalized spacial score (nSPS) is 18.2. The second-order valence-electron chi connectivity index (χ2n) is 7.95. The van der Waals surface area contributed by atoms with Gasteiger partial charge in [-0.2, -0.15) is 8.78 Å². The van der Waals surface area contributed by atoms with Gasteiger partial charge in [0.25, 0.3) is 0 Å². The average Bonchev–Trinajstić information content (AvgIpc) is 2.81. The van der Waals surface area contributed by atoms with Crippen LogP contribution in [-0.2, 0) is 11.2 Å². The van der Waals surface area contributed by atoms with E-state index in [4.69, 9.17) is 0 Å². The summed E-state index contributed by atoms with van der Waals surface area (Å²) in [6.45, 7) is -1.49. The number of carbonyl (C=O) groups is 1. The fourth-order valence-electron chi connectivity index (χ4n) is 3.75. The molecule has 2 heterocycles. The van der Waals surface area contributed by atoms with Crippen LogP contribution in [0.1, 0.15) is 18.4 Å². The number of piperidine rings is 1. The van der Waals surface area contributed by atoms with Gasteiger partial charge in [-0.1, -0.05) is 24.3 Å². The Morgan fingerprint density at radius 3 is 2.27 bits per heavy atom. The summed E-state index contributed by atoms with van der Waals surface area (Å²) in [6, 6.07) is 13.8. The third-order valence-corrected chi connectivity index (χ3v) is 5.59. The maximum atomic E-state index is 12.5. The second-order valence-corrected chi connectivity index (χ2v) is 7.95. The van der Waals surface area contributed by atoms with E-state index in [0.717, 1.165) is 27.3 Å². The molecule has 1 saturated heterocycles. The standard InChI is InChI=1S/C24H24F2N4O3/c25-23(26)33-21-7-3-17(4-8-21)18-14-27-24(28-15-18)29-19-5-1-16(2-6-19)13-22(32)30-11-9-20(31)10-12-30/h1-8,14-15,20,23,31H,9-13H2,(H,27,28,29)/p+1. The number of aromatic nitrogens is 2. The molecule has 33 heavy (non-hydrogen) atoms. The molecule has 0 saturated carbocycles. The number of anilines is 2. The molecule has 1 fully saturated rings. The summed E-state index contributed by atoms with van der Waals surface area (Å²) in [7, 11) is 0. The van der Waals surface area contributed by atoms with E-state index in [1.54, 1.807) is 24.5 Å². The molecule has 0 bridgehead atoms. The highest BCUT2D eigenvalue weighted by molar-refractivity contribution is 5.70. The summed E-state index contributed by atoms with van der Waals surface area (Å²) in [4.78, 5) is 22.0. The number of halogens is 2. The van der Waals surface area contributed by atoms with Crippen molar-refractivity contribution in [3.8, 4) is 16.9 Å². The van der Waals surface area contributed by atoms with Gasteiger partial charge in [0.1, 0.15) is 5.75 Å². The van der Waals surface area contributed by atoms with E-state index >= 15 is 0 Å². The van der Waals surface area contributed by atoms with Gasteiger partial charge in [-0.25, -0.2) is 14.8 Å². The van der Waals surface area contributed by atoms with Crippen LogP contribution in [-0.4, -0.2) is 46.8 Å². The van der Waals surface area contributed by atoms with E-state index in [0.29, 0.717) is 38.3 Å². The molecule has 1 aliphatic heterocycles. The summed E-state index contributed by atoms with van der Waals surface area (Å²) >= 11 is 0. The Labute approximate surface area is 190 Å². The van der Waals surface area contributed by atoms with Gasteiger partial charge in [-0.15, -0.1) is 0 Å². The first-order valence-electron chi connectivity index (χ1n) is 10.8. The largest absolute Gasteiger partial charge is 0.435 e. The third kappa shape index (κ3) is 6.30. The van der Waals surface area contributed by atoms with Crippen LogP contribution in [0.2, 0.25) is 0 Å². The molecular formula is C24H25F2N4O3+. The Hall–Kier alpha value is -3.43. The van der Waals surface area contributed by atoms with Crippen molar-refractivity contribution >= 4 is 17.5 Å². The Morgan fingerprint density at radius 2 is 1.67 bits per heavy atom. The number of alkyl halides is 2. The van der Waals surface area contributed by atoms with Crippen molar-refractivity contribution in [3.63, 3.8) is 0 Å². The highest BCUT2D eigenvalue weighted by Crippen LogP contribution is 2.23. The molecule has 1 aromatic heterocycles. The Bertz CT molecular complexity index is 1050. The van der Waals surface area contributed by atoms with Crippen molar-refractivity contribution in [1.29, 1.82) is 0 Å². The van der Waals surface area contributed by atoms with Crippen LogP contribution < -0.4 is 15.0 Å². The van der Waals surface area contributed by atoms with E-state index in [1.807, 2.05) is 24.3 Å². The Kier molecular flexibility index (Phi) is 7.21. The lowest BCUT2D eigenvalue weighted by Gasteiger charge is -2.24. The summed E-state index contributed by atoms with van der Waals surface area (Å²) in [5, 5.41) is 12.7. The van der Waals surface area contributed by atoms with Gasteiger partial charge < -0.3 is 15.2 Å². The first kappa shape index (κ1) is 22.8. The zero-order valence-electron chi connectivity index (χ0n) is 17.9. The van der Waals surface area contributed by atoms with Crippen LogP contribution in [0.3, 0.4) is 0 Å². The van der Waals surface area contributed by atoms with Crippen molar-refractivity contribution in [2.75, 3.05) is 18.4 Å². The minimum absolute atomic E-state index is 0.0919. The minimum Gasteiger partial charge on any atom is -0.435 e. The quantitative estimate of drug-likeness (QED) is 0.508. The van der Waals surface area contributed by atoms with Crippen LogP contribution >= 0.6 is 0 Å². The molecule has 172 valence electrons. The smallest absolute Gasteiger partial charge is 0.387 e. The number of aliphatic hydroxyl groups is 1. The SMILES string of the molecule is O=C(Cc1ccc(Nc2ncc(-c3ccc(OC(F)F)cc3)cn2)cc1)[NH+]1CCC(O)CC1. The molecule has 3 aromatic rings. The zero-order valence-corrected chi connectivity index (χ0v) is 17.9.